The molecule has 0 saturated carbocycles. The van der Waals surface area contributed by atoms with Crippen LogP contribution in [0.4, 0.5) is 5.69 Å². The second-order valence-electron chi connectivity index (χ2n) is 4.75. The summed E-state index contributed by atoms with van der Waals surface area (Å²) in [6.07, 6.45) is 0. The molecule has 116 valence electrons. The summed E-state index contributed by atoms with van der Waals surface area (Å²) in [7, 11) is 1.25. The average molecular weight is 309 g/mol. The van der Waals surface area contributed by atoms with Crippen molar-refractivity contribution in [3.8, 4) is 6.07 Å². The number of amides is 1. The Hall–Kier alpha value is -3.33. The molecule has 0 unspecified atom stereocenters. The molecule has 6 nitrogen and oxygen atoms in total. The SMILES string of the molecule is COC(=O)[C@H](NC(=O)c1cc(C#N)ccc1N)c1ccccc1. The third-order valence-corrected chi connectivity index (χ3v) is 3.27. The van der Waals surface area contributed by atoms with Crippen LogP contribution < -0.4 is 11.1 Å². The lowest BCUT2D eigenvalue weighted by Gasteiger charge is -2.17. The van der Waals surface area contributed by atoms with E-state index in [1.54, 1.807) is 30.3 Å². The van der Waals surface area contributed by atoms with Crippen molar-refractivity contribution in [1.29, 1.82) is 5.26 Å². The molecule has 0 aliphatic heterocycles. The molecule has 2 aromatic carbocycles. The lowest BCUT2D eigenvalue weighted by atomic mass is 10.0. The topological polar surface area (TPSA) is 105 Å². The Morgan fingerprint density at radius 2 is 1.91 bits per heavy atom. The maximum Gasteiger partial charge on any atom is 0.333 e. The van der Waals surface area contributed by atoms with Crippen LogP contribution in [0.1, 0.15) is 27.5 Å². The van der Waals surface area contributed by atoms with Crippen molar-refractivity contribution in [2.45, 2.75) is 6.04 Å². The van der Waals surface area contributed by atoms with Crippen LogP contribution in [-0.2, 0) is 9.53 Å². The van der Waals surface area contributed by atoms with Crippen LogP contribution in [0.3, 0.4) is 0 Å². The molecule has 0 saturated heterocycles. The number of methoxy groups -OCH3 is 1. The number of carbonyl (C=O) groups is 2. The molecule has 0 spiro atoms. The Bertz CT molecular complexity index is 766. The van der Waals surface area contributed by atoms with E-state index >= 15 is 0 Å². The molecular formula is C17H15N3O3. The highest BCUT2D eigenvalue weighted by Crippen LogP contribution is 2.18. The summed E-state index contributed by atoms with van der Waals surface area (Å²) in [5.74, 6) is -1.15. The quantitative estimate of drug-likeness (QED) is 0.661. The van der Waals surface area contributed by atoms with Crippen LogP contribution in [0.5, 0.6) is 0 Å². The van der Waals surface area contributed by atoms with E-state index in [0.717, 1.165) is 0 Å². The minimum atomic E-state index is -0.959. The van der Waals surface area contributed by atoms with Crippen molar-refractivity contribution in [2.24, 2.45) is 0 Å². The summed E-state index contributed by atoms with van der Waals surface area (Å²) >= 11 is 0. The first kappa shape index (κ1) is 16.0. The van der Waals surface area contributed by atoms with Crippen LogP contribution in [0.15, 0.2) is 48.5 Å². The van der Waals surface area contributed by atoms with Gasteiger partial charge in [0.05, 0.1) is 24.3 Å². The fourth-order valence-electron chi connectivity index (χ4n) is 2.07. The number of ether oxygens (including phenoxy) is 1. The average Bonchev–Trinajstić information content (AvgIpc) is 2.60. The summed E-state index contributed by atoms with van der Waals surface area (Å²) in [5, 5.41) is 11.5. The van der Waals surface area contributed by atoms with Gasteiger partial charge in [-0.15, -0.1) is 0 Å². The number of hydrogen-bond donors (Lipinski definition) is 2. The van der Waals surface area contributed by atoms with Crippen molar-refractivity contribution in [1.82, 2.24) is 5.32 Å². The number of nitrogens with zero attached hydrogens (tertiary/aromatic N) is 1. The van der Waals surface area contributed by atoms with Crippen molar-refractivity contribution in [3.63, 3.8) is 0 Å². The minimum Gasteiger partial charge on any atom is -0.467 e. The van der Waals surface area contributed by atoms with Gasteiger partial charge >= 0.3 is 5.97 Å². The Morgan fingerprint density at radius 3 is 2.52 bits per heavy atom. The Balaban J connectivity index is 2.32. The van der Waals surface area contributed by atoms with E-state index in [9.17, 15) is 9.59 Å². The van der Waals surface area contributed by atoms with Crippen molar-refractivity contribution >= 4 is 17.6 Å². The highest BCUT2D eigenvalue weighted by Gasteiger charge is 2.24. The molecule has 6 heteroatoms. The lowest BCUT2D eigenvalue weighted by molar-refractivity contribution is -0.143. The largest absolute Gasteiger partial charge is 0.467 e. The first-order valence-corrected chi connectivity index (χ1v) is 6.80. The number of esters is 1. The smallest absolute Gasteiger partial charge is 0.333 e. The van der Waals surface area contributed by atoms with Gasteiger partial charge in [0.25, 0.3) is 5.91 Å². The molecule has 0 bridgehead atoms. The van der Waals surface area contributed by atoms with Gasteiger partial charge in [0.2, 0.25) is 0 Å². The zero-order valence-corrected chi connectivity index (χ0v) is 12.4. The molecular weight excluding hydrogens is 294 g/mol. The first-order valence-electron chi connectivity index (χ1n) is 6.80. The van der Waals surface area contributed by atoms with E-state index in [0.29, 0.717) is 11.1 Å². The van der Waals surface area contributed by atoms with E-state index < -0.39 is 17.9 Å². The van der Waals surface area contributed by atoms with Crippen molar-refractivity contribution in [2.75, 3.05) is 12.8 Å². The van der Waals surface area contributed by atoms with E-state index in [2.05, 4.69) is 5.32 Å². The van der Waals surface area contributed by atoms with Crippen LogP contribution in [0.2, 0.25) is 0 Å². The summed E-state index contributed by atoms with van der Waals surface area (Å²) in [6.45, 7) is 0. The van der Waals surface area contributed by atoms with Crippen molar-refractivity contribution < 1.29 is 14.3 Å². The number of carbonyl (C=O) groups excluding carboxylic acids is 2. The van der Waals surface area contributed by atoms with E-state index in [4.69, 9.17) is 15.7 Å². The van der Waals surface area contributed by atoms with Gasteiger partial charge in [-0.2, -0.15) is 5.26 Å². The predicted molar refractivity (Wildman–Crippen MR) is 84.2 cm³/mol. The number of anilines is 1. The molecule has 0 heterocycles. The number of nitrogens with two attached hydrogens (primary N) is 1. The van der Waals surface area contributed by atoms with Gasteiger partial charge in [-0.25, -0.2) is 4.79 Å². The van der Waals surface area contributed by atoms with E-state index in [-0.39, 0.29) is 11.3 Å². The van der Waals surface area contributed by atoms with Crippen LogP contribution in [-0.4, -0.2) is 19.0 Å². The summed E-state index contributed by atoms with van der Waals surface area (Å²) in [4.78, 5) is 24.4. The third-order valence-electron chi connectivity index (χ3n) is 3.27. The predicted octanol–water partition coefficient (Wildman–Crippen LogP) is 1.78. The zero-order chi connectivity index (χ0) is 16.8. The number of nitrogens with one attached hydrogen (secondary N) is 1. The summed E-state index contributed by atoms with van der Waals surface area (Å²) in [6, 6.07) is 14.1. The fraction of sp³-hybridized carbons (Fsp3) is 0.118. The molecule has 23 heavy (non-hydrogen) atoms. The number of nitriles is 1. The van der Waals surface area contributed by atoms with Crippen LogP contribution in [0, 0.1) is 11.3 Å². The van der Waals surface area contributed by atoms with Gasteiger partial charge in [0, 0.05) is 5.69 Å². The maximum atomic E-state index is 12.4. The molecule has 0 aromatic heterocycles. The molecule has 0 radical (unpaired) electrons. The Morgan fingerprint density at radius 1 is 1.22 bits per heavy atom. The monoisotopic (exact) mass is 309 g/mol. The maximum absolute atomic E-state index is 12.4. The highest BCUT2D eigenvalue weighted by molar-refractivity contribution is 6.01. The van der Waals surface area contributed by atoms with E-state index in [1.807, 2.05) is 6.07 Å². The molecule has 0 fully saturated rings. The Kier molecular flexibility index (Phi) is 4.95. The van der Waals surface area contributed by atoms with Gasteiger partial charge in [-0.1, -0.05) is 30.3 Å². The number of benzene rings is 2. The standard InChI is InChI=1S/C17H15N3O3/c1-23-17(22)15(12-5-3-2-4-6-12)20-16(21)13-9-11(10-18)7-8-14(13)19/h2-9,15H,19H2,1H3,(H,20,21)/t15-/m1/s1. The zero-order valence-electron chi connectivity index (χ0n) is 12.4. The number of rotatable bonds is 4. The molecule has 2 rings (SSSR count). The van der Waals surface area contributed by atoms with E-state index in [1.165, 1.54) is 25.3 Å². The van der Waals surface area contributed by atoms with Crippen LogP contribution in [0.25, 0.3) is 0 Å². The number of nitrogen functional groups attached to an aromatic ring is 1. The highest BCUT2D eigenvalue weighted by atomic mass is 16.5. The molecule has 2 aromatic rings. The normalized spacial score (nSPS) is 11.1. The van der Waals surface area contributed by atoms with Gasteiger partial charge in [0.15, 0.2) is 6.04 Å². The Labute approximate surface area is 133 Å². The number of hydrogen-bond acceptors (Lipinski definition) is 5. The van der Waals surface area contributed by atoms with Gasteiger partial charge < -0.3 is 15.8 Å². The second kappa shape index (κ2) is 7.09. The van der Waals surface area contributed by atoms with Crippen LogP contribution >= 0.6 is 0 Å². The molecule has 1 amide bonds. The second-order valence-corrected chi connectivity index (χ2v) is 4.75. The molecule has 3 N–H and O–H groups in total. The first-order chi connectivity index (χ1) is 11.1. The minimum absolute atomic E-state index is 0.133. The molecule has 0 aliphatic carbocycles. The van der Waals surface area contributed by atoms with Gasteiger partial charge in [-0.3, -0.25) is 4.79 Å². The molecule has 1 atom stereocenters. The van der Waals surface area contributed by atoms with Gasteiger partial charge in [-0.05, 0) is 23.8 Å². The third kappa shape index (κ3) is 3.66. The fourth-order valence-corrected chi connectivity index (χ4v) is 2.07. The lowest BCUT2D eigenvalue weighted by Crippen LogP contribution is -2.35. The molecule has 0 aliphatic rings. The summed E-state index contributed by atoms with van der Waals surface area (Å²) < 4.78 is 4.74. The summed E-state index contributed by atoms with van der Waals surface area (Å²) in [5.41, 5.74) is 7.03. The van der Waals surface area contributed by atoms with Crippen molar-refractivity contribution in [3.05, 3.63) is 65.2 Å². The van der Waals surface area contributed by atoms with Gasteiger partial charge in [0.1, 0.15) is 0 Å².